The standard InChI is InChI=1S/C10H18N2OS/c1-3-4-10(13)11-6-5-8-9(11)7-12(8)14-2/h8-9H,3-7H2,1-2H3. The maximum Gasteiger partial charge on any atom is 0.222 e. The van der Waals surface area contributed by atoms with Gasteiger partial charge in [0, 0.05) is 25.6 Å². The fourth-order valence-corrected chi connectivity index (χ4v) is 3.27. The van der Waals surface area contributed by atoms with Gasteiger partial charge in [-0.05, 0) is 19.1 Å². The molecule has 0 aromatic heterocycles. The van der Waals surface area contributed by atoms with Gasteiger partial charge in [0.15, 0.2) is 0 Å². The second kappa shape index (κ2) is 4.11. The molecule has 0 radical (unpaired) electrons. The zero-order valence-corrected chi connectivity index (χ0v) is 9.72. The summed E-state index contributed by atoms with van der Waals surface area (Å²) < 4.78 is 2.39. The van der Waals surface area contributed by atoms with E-state index in [4.69, 9.17) is 0 Å². The van der Waals surface area contributed by atoms with Gasteiger partial charge in [0.1, 0.15) is 0 Å². The molecule has 2 aliphatic rings. The number of rotatable bonds is 3. The fourth-order valence-electron chi connectivity index (χ4n) is 2.45. The Hall–Kier alpha value is -0.220. The number of carbonyl (C=O) groups is 1. The van der Waals surface area contributed by atoms with E-state index in [2.05, 4.69) is 22.4 Å². The molecule has 1 amide bonds. The second-order valence-electron chi connectivity index (χ2n) is 4.04. The molecule has 0 aromatic rings. The molecular formula is C10H18N2OS. The van der Waals surface area contributed by atoms with Crippen molar-refractivity contribution in [2.45, 2.75) is 38.3 Å². The normalized spacial score (nSPS) is 31.4. The SMILES string of the molecule is CCCC(=O)N1CCC2C1CN2SC. The third-order valence-corrected chi connectivity index (χ3v) is 4.15. The lowest BCUT2D eigenvalue weighted by Crippen LogP contribution is -2.59. The largest absolute Gasteiger partial charge is 0.337 e. The molecule has 0 saturated carbocycles. The lowest BCUT2D eigenvalue weighted by atomic mass is 10.0. The van der Waals surface area contributed by atoms with Gasteiger partial charge in [0.25, 0.3) is 0 Å². The van der Waals surface area contributed by atoms with Crippen molar-refractivity contribution in [2.24, 2.45) is 0 Å². The summed E-state index contributed by atoms with van der Waals surface area (Å²) in [5, 5.41) is 0. The highest BCUT2D eigenvalue weighted by atomic mass is 32.2. The van der Waals surface area contributed by atoms with Gasteiger partial charge in [0.2, 0.25) is 5.91 Å². The molecule has 0 aromatic carbocycles. The first-order valence-corrected chi connectivity index (χ1v) is 6.56. The Balaban J connectivity index is 1.90. The van der Waals surface area contributed by atoms with Crippen LogP contribution in [0, 0.1) is 0 Å². The van der Waals surface area contributed by atoms with Crippen molar-refractivity contribution in [3.8, 4) is 0 Å². The zero-order valence-electron chi connectivity index (χ0n) is 8.90. The Morgan fingerprint density at radius 3 is 2.93 bits per heavy atom. The number of fused-ring (bicyclic) bond motifs is 1. The van der Waals surface area contributed by atoms with Crippen molar-refractivity contribution in [1.82, 2.24) is 9.21 Å². The molecule has 2 fully saturated rings. The van der Waals surface area contributed by atoms with E-state index in [1.165, 1.54) is 6.42 Å². The highest BCUT2D eigenvalue weighted by Crippen LogP contribution is 2.36. The van der Waals surface area contributed by atoms with Gasteiger partial charge in [-0.15, -0.1) is 0 Å². The Labute approximate surface area is 90.0 Å². The van der Waals surface area contributed by atoms with Crippen LogP contribution in [-0.2, 0) is 4.79 Å². The van der Waals surface area contributed by atoms with Gasteiger partial charge in [0.05, 0.1) is 6.04 Å². The number of amides is 1. The minimum Gasteiger partial charge on any atom is -0.337 e. The van der Waals surface area contributed by atoms with Crippen molar-refractivity contribution in [1.29, 1.82) is 0 Å². The van der Waals surface area contributed by atoms with Crippen LogP contribution in [-0.4, -0.2) is 46.5 Å². The molecule has 80 valence electrons. The zero-order chi connectivity index (χ0) is 10.1. The Morgan fingerprint density at radius 2 is 2.29 bits per heavy atom. The third kappa shape index (κ3) is 1.54. The van der Waals surface area contributed by atoms with Crippen LogP contribution in [0.5, 0.6) is 0 Å². The van der Waals surface area contributed by atoms with E-state index >= 15 is 0 Å². The minimum atomic E-state index is 0.362. The van der Waals surface area contributed by atoms with E-state index in [1.54, 1.807) is 0 Å². The Kier molecular flexibility index (Phi) is 3.02. The summed E-state index contributed by atoms with van der Waals surface area (Å²) in [7, 11) is 0. The van der Waals surface area contributed by atoms with Crippen LogP contribution in [0.2, 0.25) is 0 Å². The molecule has 2 heterocycles. The molecule has 2 aliphatic heterocycles. The summed E-state index contributed by atoms with van der Waals surface area (Å²) in [6, 6.07) is 1.17. The number of hydrogen-bond donors (Lipinski definition) is 0. The summed E-state index contributed by atoms with van der Waals surface area (Å²) in [5.74, 6) is 0.362. The average Bonchev–Trinajstić information content (AvgIpc) is 2.45. The molecule has 4 heteroatoms. The predicted molar refractivity (Wildman–Crippen MR) is 59.0 cm³/mol. The van der Waals surface area contributed by atoms with E-state index in [1.807, 2.05) is 11.9 Å². The second-order valence-corrected chi connectivity index (χ2v) is 4.88. The lowest BCUT2D eigenvalue weighted by Gasteiger charge is -2.45. The predicted octanol–water partition coefficient (Wildman–Crippen LogP) is 1.35. The highest BCUT2D eigenvalue weighted by molar-refractivity contribution is 7.96. The van der Waals surface area contributed by atoms with Crippen molar-refractivity contribution in [3.63, 3.8) is 0 Å². The fraction of sp³-hybridized carbons (Fsp3) is 0.900. The quantitative estimate of drug-likeness (QED) is 0.663. The summed E-state index contributed by atoms with van der Waals surface area (Å²) in [4.78, 5) is 13.8. The van der Waals surface area contributed by atoms with Crippen LogP contribution in [0.3, 0.4) is 0 Å². The van der Waals surface area contributed by atoms with Crippen LogP contribution in [0.25, 0.3) is 0 Å². The van der Waals surface area contributed by atoms with Gasteiger partial charge >= 0.3 is 0 Å². The average molecular weight is 214 g/mol. The van der Waals surface area contributed by atoms with E-state index in [0.29, 0.717) is 18.0 Å². The van der Waals surface area contributed by atoms with Gasteiger partial charge in [-0.25, -0.2) is 4.31 Å². The summed E-state index contributed by atoms with van der Waals surface area (Å²) >= 11 is 1.81. The third-order valence-electron chi connectivity index (χ3n) is 3.27. The molecular weight excluding hydrogens is 196 g/mol. The van der Waals surface area contributed by atoms with Crippen LogP contribution >= 0.6 is 11.9 Å². The van der Waals surface area contributed by atoms with Crippen LogP contribution in [0.15, 0.2) is 0 Å². The maximum atomic E-state index is 11.7. The van der Waals surface area contributed by atoms with E-state index < -0.39 is 0 Å². The van der Waals surface area contributed by atoms with Gasteiger partial charge in [-0.2, -0.15) is 0 Å². The molecule has 0 N–H and O–H groups in total. The molecule has 3 nitrogen and oxygen atoms in total. The minimum absolute atomic E-state index is 0.362. The van der Waals surface area contributed by atoms with Crippen LogP contribution in [0.1, 0.15) is 26.2 Å². The molecule has 2 unspecified atom stereocenters. The van der Waals surface area contributed by atoms with Crippen molar-refractivity contribution in [3.05, 3.63) is 0 Å². The molecule has 14 heavy (non-hydrogen) atoms. The first-order chi connectivity index (χ1) is 6.77. The van der Waals surface area contributed by atoms with Gasteiger partial charge < -0.3 is 4.90 Å². The van der Waals surface area contributed by atoms with E-state index in [-0.39, 0.29) is 0 Å². The lowest BCUT2D eigenvalue weighted by molar-refractivity contribution is -0.134. The number of carbonyl (C=O) groups excluding carboxylic acids is 1. The molecule has 2 saturated heterocycles. The van der Waals surface area contributed by atoms with Gasteiger partial charge in [-0.3, -0.25) is 4.79 Å². The van der Waals surface area contributed by atoms with Crippen molar-refractivity contribution < 1.29 is 4.79 Å². The first kappa shape index (κ1) is 10.3. The number of likely N-dealkylation sites (tertiary alicyclic amines) is 1. The summed E-state index contributed by atoms with van der Waals surface area (Å²) in [6.07, 6.45) is 4.98. The highest BCUT2D eigenvalue weighted by Gasteiger charge is 2.48. The topological polar surface area (TPSA) is 23.6 Å². The van der Waals surface area contributed by atoms with Crippen molar-refractivity contribution >= 4 is 17.9 Å². The summed E-state index contributed by atoms with van der Waals surface area (Å²) in [5.41, 5.74) is 0. The molecule has 0 aliphatic carbocycles. The molecule has 0 spiro atoms. The first-order valence-electron chi connectivity index (χ1n) is 5.38. The Morgan fingerprint density at radius 1 is 1.50 bits per heavy atom. The van der Waals surface area contributed by atoms with Crippen LogP contribution in [0.4, 0.5) is 0 Å². The Bertz CT molecular complexity index is 234. The molecule has 0 bridgehead atoms. The molecule has 2 atom stereocenters. The van der Waals surface area contributed by atoms with Crippen molar-refractivity contribution in [2.75, 3.05) is 19.3 Å². The van der Waals surface area contributed by atoms with E-state index in [0.717, 1.165) is 25.9 Å². The molecule has 2 rings (SSSR count). The number of hydrogen-bond acceptors (Lipinski definition) is 3. The van der Waals surface area contributed by atoms with E-state index in [9.17, 15) is 4.79 Å². The monoisotopic (exact) mass is 214 g/mol. The maximum absolute atomic E-state index is 11.7. The van der Waals surface area contributed by atoms with Crippen LogP contribution < -0.4 is 0 Å². The smallest absolute Gasteiger partial charge is 0.222 e. The van der Waals surface area contributed by atoms with Gasteiger partial charge in [-0.1, -0.05) is 18.9 Å². The summed E-state index contributed by atoms with van der Waals surface area (Å²) in [6.45, 7) is 4.12. The number of nitrogens with zero attached hydrogens (tertiary/aromatic N) is 2.